The topological polar surface area (TPSA) is 51.8 Å². The van der Waals surface area contributed by atoms with Gasteiger partial charge in [0.2, 0.25) is 0 Å². The molecule has 100 valence electrons. The summed E-state index contributed by atoms with van der Waals surface area (Å²) in [6.07, 6.45) is 2.05. The summed E-state index contributed by atoms with van der Waals surface area (Å²) in [5, 5.41) is 0.865. The van der Waals surface area contributed by atoms with Gasteiger partial charge < -0.3 is 5.73 Å². The molecule has 2 aromatic carbocycles. The summed E-state index contributed by atoms with van der Waals surface area (Å²) in [4.78, 5) is 10.2. The van der Waals surface area contributed by atoms with E-state index in [2.05, 4.69) is 44.3 Å². The van der Waals surface area contributed by atoms with Crippen LogP contribution in [0.4, 0.5) is 5.82 Å². The number of hydrogen-bond donors (Lipinski definition) is 1. The average molecular weight is 346 g/mol. The smallest absolute Gasteiger partial charge is 0.162 e. The molecule has 0 saturated carbocycles. The monoisotopic (exact) mass is 345 g/mol. The van der Waals surface area contributed by atoms with Crippen LogP contribution in [-0.4, -0.2) is 16.2 Å². The van der Waals surface area contributed by atoms with E-state index in [-0.39, 0.29) is 0 Å². The van der Waals surface area contributed by atoms with Gasteiger partial charge in [-0.05, 0) is 36.6 Å². The third kappa shape index (κ3) is 2.51. The van der Waals surface area contributed by atoms with Gasteiger partial charge in [0.25, 0.3) is 0 Å². The van der Waals surface area contributed by atoms with Crippen LogP contribution in [0.3, 0.4) is 0 Å². The van der Waals surface area contributed by atoms with E-state index in [0.717, 1.165) is 20.9 Å². The molecule has 2 N–H and O–H groups in total. The summed E-state index contributed by atoms with van der Waals surface area (Å²) in [5.41, 5.74) is 7.87. The van der Waals surface area contributed by atoms with E-state index >= 15 is 0 Å². The number of hydrogen-bond acceptors (Lipinski definition) is 4. The summed E-state index contributed by atoms with van der Waals surface area (Å²) in [6.45, 7) is 0. The van der Waals surface area contributed by atoms with Crippen LogP contribution < -0.4 is 5.73 Å². The summed E-state index contributed by atoms with van der Waals surface area (Å²) in [5.74, 6) is 1.16. The highest BCUT2D eigenvalue weighted by atomic mass is 79.9. The fourth-order valence-corrected chi connectivity index (χ4v) is 2.76. The van der Waals surface area contributed by atoms with E-state index in [1.165, 1.54) is 4.90 Å². The molecule has 0 aliphatic heterocycles. The Balaban J connectivity index is 2.14. The van der Waals surface area contributed by atoms with Gasteiger partial charge in [-0.25, -0.2) is 9.97 Å². The molecule has 0 amide bonds. The van der Waals surface area contributed by atoms with E-state index in [1.54, 1.807) is 11.8 Å². The van der Waals surface area contributed by atoms with Crippen LogP contribution in [0.15, 0.2) is 51.8 Å². The predicted molar refractivity (Wildman–Crippen MR) is 88.9 cm³/mol. The third-order valence-corrected chi connectivity index (χ3v) is 4.27. The summed E-state index contributed by atoms with van der Waals surface area (Å²) >= 11 is 5.14. The van der Waals surface area contributed by atoms with E-state index in [0.29, 0.717) is 11.6 Å². The van der Waals surface area contributed by atoms with Gasteiger partial charge in [0, 0.05) is 20.3 Å². The minimum absolute atomic E-state index is 0.500. The van der Waals surface area contributed by atoms with Gasteiger partial charge >= 0.3 is 0 Å². The van der Waals surface area contributed by atoms with Crippen LogP contribution in [-0.2, 0) is 0 Å². The second-order valence-corrected chi connectivity index (χ2v) is 6.12. The molecule has 0 saturated heterocycles. The number of nitrogen functional groups attached to an aromatic ring is 1. The maximum Gasteiger partial charge on any atom is 0.162 e. The zero-order chi connectivity index (χ0) is 14.1. The molecule has 3 nitrogen and oxygen atoms in total. The first-order chi connectivity index (χ1) is 9.67. The Morgan fingerprint density at radius 2 is 1.80 bits per heavy atom. The van der Waals surface area contributed by atoms with Crippen LogP contribution in [0.2, 0.25) is 0 Å². The fourth-order valence-electron chi connectivity index (χ4n) is 1.99. The third-order valence-electron chi connectivity index (χ3n) is 3.04. The number of thioether (sulfide) groups is 1. The van der Waals surface area contributed by atoms with Crippen LogP contribution in [0.5, 0.6) is 0 Å². The second kappa shape index (κ2) is 5.42. The highest BCUT2D eigenvalue weighted by Gasteiger charge is 2.07. The van der Waals surface area contributed by atoms with Crippen molar-refractivity contribution >= 4 is 44.4 Å². The number of anilines is 1. The predicted octanol–water partition coefficient (Wildman–Crippen LogP) is 4.36. The Bertz CT molecular complexity index is 772. The minimum Gasteiger partial charge on any atom is -0.383 e. The molecule has 3 aromatic rings. The quantitative estimate of drug-likeness (QED) is 0.701. The summed E-state index contributed by atoms with van der Waals surface area (Å²) in [6, 6.07) is 14.0. The standard InChI is InChI=1S/C15H12BrN3S/c1-20-11-5-2-9(3-6-11)15-18-13-7-4-10(16)8-12(13)14(17)19-15/h2-8H,1H3,(H2,17,18,19). The molecule has 0 fully saturated rings. The number of aromatic nitrogens is 2. The average Bonchev–Trinajstić information content (AvgIpc) is 2.48. The Kier molecular flexibility index (Phi) is 3.63. The Morgan fingerprint density at radius 3 is 2.50 bits per heavy atom. The molecular weight excluding hydrogens is 334 g/mol. The highest BCUT2D eigenvalue weighted by molar-refractivity contribution is 9.10. The lowest BCUT2D eigenvalue weighted by molar-refractivity contribution is 1.23. The van der Waals surface area contributed by atoms with E-state index in [4.69, 9.17) is 5.73 Å². The van der Waals surface area contributed by atoms with Gasteiger partial charge in [-0.3, -0.25) is 0 Å². The number of halogens is 1. The Labute approximate surface area is 129 Å². The first kappa shape index (κ1) is 13.4. The molecule has 20 heavy (non-hydrogen) atoms. The van der Waals surface area contributed by atoms with Crippen LogP contribution in [0, 0.1) is 0 Å². The van der Waals surface area contributed by atoms with Crippen molar-refractivity contribution in [2.24, 2.45) is 0 Å². The lowest BCUT2D eigenvalue weighted by atomic mass is 10.2. The summed E-state index contributed by atoms with van der Waals surface area (Å²) in [7, 11) is 0. The molecule has 1 aromatic heterocycles. The zero-order valence-electron chi connectivity index (χ0n) is 10.8. The van der Waals surface area contributed by atoms with Crippen molar-refractivity contribution in [1.29, 1.82) is 0 Å². The number of rotatable bonds is 2. The normalized spacial score (nSPS) is 10.9. The molecule has 1 heterocycles. The van der Waals surface area contributed by atoms with Crippen LogP contribution >= 0.6 is 27.7 Å². The van der Waals surface area contributed by atoms with E-state index in [9.17, 15) is 0 Å². The molecule has 0 atom stereocenters. The van der Waals surface area contributed by atoms with Crippen molar-refractivity contribution in [3.05, 3.63) is 46.9 Å². The lowest BCUT2D eigenvalue weighted by Gasteiger charge is -2.06. The molecule has 0 aliphatic rings. The SMILES string of the molecule is CSc1ccc(-c2nc(N)c3cc(Br)ccc3n2)cc1. The van der Waals surface area contributed by atoms with Gasteiger partial charge in [-0.15, -0.1) is 11.8 Å². The molecule has 0 radical (unpaired) electrons. The highest BCUT2D eigenvalue weighted by Crippen LogP contribution is 2.26. The van der Waals surface area contributed by atoms with E-state index in [1.807, 2.05) is 30.3 Å². The van der Waals surface area contributed by atoms with Crippen molar-refractivity contribution in [3.8, 4) is 11.4 Å². The molecule has 0 spiro atoms. The van der Waals surface area contributed by atoms with Crippen molar-refractivity contribution in [3.63, 3.8) is 0 Å². The van der Waals surface area contributed by atoms with Crippen molar-refractivity contribution < 1.29 is 0 Å². The van der Waals surface area contributed by atoms with Crippen molar-refractivity contribution in [2.45, 2.75) is 4.90 Å². The van der Waals surface area contributed by atoms with Crippen molar-refractivity contribution in [2.75, 3.05) is 12.0 Å². The largest absolute Gasteiger partial charge is 0.383 e. The molecule has 5 heteroatoms. The maximum atomic E-state index is 6.04. The lowest BCUT2D eigenvalue weighted by Crippen LogP contribution is -1.97. The Hall–Kier alpha value is -1.59. The first-order valence-corrected chi connectivity index (χ1v) is 8.06. The van der Waals surface area contributed by atoms with Gasteiger partial charge in [0.05, 0.1) is 5.52 Å². The van der Waals surface area contributed by atoms with Crippen LogP contribution in [0.25, 0.3) is 22.3 Å². The first-order valence-electron chi connectivity index (χ1n) is 6.04. The fraction of sp³-hybridized carbons (Fsp3) is 0.0667. The Morgan fingerprint density at radius 1 is 1.05 bits per heavy atom. The molecule has 3 rings (SSSR count). The van der Waals surface area contributed by atoms with Gasteiger partial charge in [0.1, 0.15) is 5.82 Å². The molecule has 0 bridgehead atoms. The second-order valence-electron chi connectivity index (χ2n) is 4.32. The van der Waals surface area contributed by atoms with Gasteiger partial charge in [0.15, 0.2) is 5.82 Å². The summed E-state index contributed by atoms with van der Waals surface area (Å²) < 4.78 is 0.970. The van der Waals surface area contributed by atoms with Gasteiger partial charge in [-0.2, -0.15) is 0 Å². The molecule has 0 aliphatic carbocycles. The van der Waals surface area contributed by atoms with E-state index < -0.39 is 0 Å². The number of nitrogens with two attached hydrogens (primary N) is 1. The van der Waals surface area contributed by atoms with Crippen molar-refractivity contribution in [1.82, 2.24) is 9.97 Å². The number of fused-ring (bicyclic) bond motifs is 1. The van der Waals surface area contributed by atoms with Gasteiger partial charge in [-0.1, -0.05) is 28.1 Å². The minimum atomic E-state index is 0.500. The maximum absolute atomic E-state index is 6.04. The number of benzene rings is 2. The molecule has 0 unspecified atom stereocenters. The molecular formula is C15H12BrN3S. The van der Waals surface area contributed by atoms with Crippen LogP contribution in [0.1, 0.15) is 0 Å². The zero-order valence-corrected chi connectivity index (χ0v) is 13.2. The number of nitrogens with zero attached hydrogens (tertiary/aromatic N) is 2.